The van der Waals surface area contributed by atoms with Gasteiger partial charge in [0.1, 0.15) is 17.3 Å². The van der Waals surface area contributed by atoms with Crippen LogP contribution in [-0.4, -0.2) is 16.1 Å². The van der Waals surface area contributed by atoms with Crippen LogP contribution in [0.3, 0.4) is 0 Å². The maximum Gasteiger partial charge on any atom is 0.336 e. The van der Waals surface area contributed by atoms with E-state index in [-0.39, 0.29) is 5.56 Å². The lowest BCUT2D eigenvalue weighted by atomic mass is 9.84. The van der Waals surface area contributed by atoms with Crippen LogP contribution in [0.5, 0.6) is 11.5 Å². The van der Waals surface area contributed by atoms with Crippen LogP contribution in [0.25, 0.3) is 22.2 Å². The molecule has 0 amide bonds. The van der Waals surface area contributed by atoms with Gasteiger partial charge in [0, 0.05) is 16.5 Å². The zero-order chi connectivity index (χ0) is 20.0. The summed E-state index contributed by atoms with van der Waals surface area (Å²) in [5.74, 6) is -0.0759. The molecule has 142 valence electrons. The molecule has 5 heteroatoms. The highest BCUT2D eigenvalue weighted by molar-refractivity contribution is 6.06. The molecule has 1 aliphatic rings. The third-order valence-corrected chi connectivity index (χ3v) is 5.25. The van der Waals surface area contributed by atoms with Gasteiger partial charge in [-0.25, -0.2) is 14.2 Å². The van der Waals surface area contributed by atoms with Crippen molar-refractivity contribution in [2.45, 2.75) is 12.8 Å². The maximum absolute atomic E-state index is 13.8. The summed E-state index contributed by atoms with van der Waals surface area (Å²) in [7, 11) is 0. The van der Waals surface area contributed by atoms with Crippen molar-refractivity contribution in [3.63, 3.8) is 0 Å². The number of carboxylic acid groups (broad SMARTS) is 1. The number of hydrogen-bond donors (Lipinski definition) is 1. The molecule has 0 atom stereocenters. The Morgan fingerprint density at radius 2 is 1.76 bits per heavy atom. The fourth-order valence-corrected chi connectivity index (χ4v) is 3.99. The zero-order valence-electron chi connectivity index (χ0n) is 15.4. The first kappa shape index (κ1) is 17.4. The van der Waals surface area contributed by atoms with Gasteiger partial charge in [-0.05, 0) is 54.8 Å². The number of aromatic carboxylic acids is 1. The Hall–Kier alpha value is -3.73. The van der Waals surface area contributed by atoms with Gasteiger partial charge in [0.25, 0.3) is 0 Å². The van der Waals surface area contributed by atoms with Crippen LogP contribution in [0.2, 0.25) is 0 Å². The van der Waals surface area contributed by atoms with Gasteiger partial charge in [-0.1, -0.05) is 30.3 Å². The van der Waals surface area contributed by atoms with Gasteiger partial charge in [-0.3, -0.25) is 0 Å². The molecule has 1 N–H and O–H groups in total. The molecule has 0 radical (unpaired) electrons. The van der Waals surface area contributed by atoms with E-state index in [0.717, 1.165) is 22.6 Å². The Labute approximate surface area is 166 Å². The number of para-hydroxylation sites is 1. The Morgan fingerprint density at radius 1 is 0.966 bits per heavy atom. The molecule has 0 fully saturated rings. The van der Waals surface area contributed by atoms with Crippen molar-refractivity contribution in [3.05, 3.63) is 89.2 Å². The second kappa shape index (κ2) is 6.71. The molecule has 0 spiro atoms. The molecule has 4 nitrogen and oxygen atoms in total. The maximum atomic E-state index is 13.8. The van der Waals surface area contributed by atoms with Crippen LogP contribution in [-0.2, 0) is 12.8 Å². The van der Waals surface area contributed by atoms with Crippen molar-refractivity contribution in [2.24, 2.45) is 0 Å². The number of pyridine rings is 1. The average molecular weight is 385 g/mol. The minimum absolute atomic E-state index is 0.129. The zero-order valence-corrected chi connectivity index (χ0v) is 15.4. The number of benzene rings is 3. The molecular formula is C24H16FNO3. The Morgan fingerprint density at radius 3 is 2.55 bits per heavy atom. The van der Waals surface area contributed by atoms with Crippen LogP contribution in [0.1, 0.15) is 21.5 Å². The lowest BCUT2D eigenvalue weighted by Gasteiger charge is -2.24. The van der Waals surface area contributed by atoms with Gasteiger partial charge in [-0.15, -0.1) is 0 Å². The van der Waals surface area contributed by atoms with Crippen LogP contribution < -0.4 is 4.74 Å². The van der Waals surface area contributed by atoms with Gasteiger partial charge >= 0.3 is 5.97 Å². The number of aromatic nitrogens is 1. The molecule has 29 heavy (non-hydrogen) atoms. The molecular weight excluding hydrogens is 369 g/mol. The smallest absolute Gasteiger partial charge is 0.336 e. The molecule has 0 saturated carbocycles. The first-order chi connectivity index (χ1) is 14.1. The molecule has 3 aromatic carbocycles. The standard InChI is InChI=1S/C24H16FNO3/c25-14-9-12-20-19(13-14)22(24(27)28)18-11-10-16-17(23(18)26-20)7-4-8-21(16)29-15-5-2-1-3-6-15/h1-9,12-13H,10-11H2,(H,27,28). The normalized spacial score (nSPS) is 12.3. The van der Waals surface area contributed by atoms with E-state index in [0.29, 0.717) is 35.0 Å². The summed E-state index contributed by atoms with van der Waals surface area (Å²) in [4.78, 5) is 16.7. The van der Waals surface area contributed by atoms with E-state index in [9.17, 15) is 14.3 Å². The number of nitrogens with zero attached hydrogens (tertiary/aromatic N) is 1. The summed E-state index contributed by atoms with van der Waals surface area (Å²) in [5, 5.41) is 10.2. The van der Waals surface area contributed by atoms with E-state index in [1.54, 1.807) is 0 Å². The summed E-state index contributed by atoms with van der Waals surface area (Å²) >= 11 is 0. The SMILES string of the molecule is O=C(O)c1c2c(nc3ccc(F)cc13)-c1cccc(Oc3ccccc3)c1CC2. The minimum atomic E-state index is -1.07. The van der Waals surface area contributed by atoms with E-state index in [2.05, 4.69) is 0 Å². The molecule has 0 aliphatic heterocycles. The van der Waals surface area contributed by atoms with E-state index in [1.807, 2.05) is 48.5 Å². The predicted molar refractivity (Wildman–Crippen MR) is 108 cm³/mol. The lowest BCUT2D eigenvalue weighted by Crippen LogP contribution is -2.14. The van der Waals surface area contributed by atoms with Crippen LogP contribution in [0.4, 0.5) is 4.39 Å². The van der Waals surface area contributed by atoms with Crippen molar-refractivity contribution in [3.8, 4) is 22.8 Å². The molecule has 0 bridgehead atoms. The topological polar surface area (TPSA) is 59.4 Å². The predicted octanol–water partition coefficient (Wildman–Crippen LogP) is 5.63. The summed E-state index contributed by atoms with van der Waals surface area (Å²) in [6, 6.07) is 19.3. The Kier molecular flexibility index (Phi) is 4.02. The van der Waals surface area contributed by atoms with Gasteiger partial charge < -0.3 is 9.84 Å². The first-order valence-electron chi connectivity index (χ1n) is 9.32. The lowest BCUT2D eigenvalue weighted by molar-refractivity contribution is 0.0698. The molecule has 1 aliphatic carbocycles. The molecule has 0 saturated heterocycles. The molecule has 1 aromatic heterocycles. The van der Waals surface area contributed by atoms with Gasteiger partial charge in [0.05, 0.1) is 16.8 Å². The third kappa shape index (κ3) is 2.91. The van der Waals surface area contributed by atoms with Crippen molar-refractivity contribution < 1.29 is 19.0 Å². The summed E-state index contributed by atoms with van der Waals surface area (Å²) < 4.78 is 19.9. The number of fused-ring (bicyclic) bond motifs is 4. The second-order valence-corrected chi connectivity index (χ2v) is 6.98. The second-order valence-electron chi connectivity index (χ2n) is 6.98. The highest BCUT2D eigenvalue weighted by Gasteiger charge is 2.27. The number of carbonyl (C=O) groups is 1. The molecule has 5 rings (SSSR count). The van der Waals surface area contributed by atoms with Crippen molar-refractivity contribution in [2.75, 3.05) is 0 Å². The third-order valence-electron chi connectivity index (χ3n) is 5.25. The van der Waals surface area contributed by atoms with Crippen LogP contribution in [0, 0.1) is 5.82 Å². The fraction of sp³-hybridized carbons (Fsp3) is 0.0833. The van der Waals surface area contributed by atoms with Gasteiger partial charge in [-0.2, -0.15) is 0 Å². The van der Waals surface area contributed by atoms with E-state index >= 15 is 0 Å². The van der Waals surface area contributed by atoms with Crippen molar-refractivity contribution >= 4 is 16.9 Å². The number of carboxylic acids is 1. The van der Waals surface area contributed by atoms with E-state index in [4.69, 9.17) is 9.72 Å². The number of ether oxygens (including phenoxy) is 1. The summed E-state index contributed by atoms with van der Waals surface area (Å²) in [5.41, 5.74) is 3.71. The van der Waals surface area contributed by atoms with Gasteiger partial charge in [0.2, 0.25) is 0 Å². The Bertz CT molecular complexity index is 1270. The summed E-state index contributed by atoms with van der Waals surface area (Å²) in [6.45, 7) is 0. The highest BCUT2D eigenvalue weighted by atomic mass is 19.1. The fourth-order valence-electron chi connectivity index (χ4n) is 3.99. The number of halogens is 1. The molecule has 0 unspecified atom stereocenters. The molecule has 1 heterocycles. The average Bonchev–Trinajstić information content (AvgIpc) is 2.72. The monoisotopic (exact) mass is 385 g/mol. The van der Waals surface area contributed by atoms with Gasteiger partial charge in [0.15, 0.2) is 0 Å². The van der Waals surface area contributed by atoms with Crippen LogP contribution in [0.15, 0.2) is 66.7 Å². The summed E-state index contributed by atoms with van der Waals surface area (Å²) in [6.07, 6.45) is 1.12. The Balaban J connectivity index is 1.72. The minimum Gasteiger partial charge on any atom is -0.478 e. The number of rotatable bonds is 3. The molecule has 4 aromatic rings. The largest absolute Gasteiger partial charge is 0.478 e. The van der Waals surface area contributed by atoms with E-state index < -0.39 is 11.8 Å². The van der Waals surface area contributed by atoms with E-state index in [1.165, 1.54) is 18.2 Å². The van der Waals surface area contributed by atoms with Crippen molar-refractivity contribution in [1.29, 1.82) is 0 Å². The number of hydrogen-bond acceptors (Lipinski definition) is 3. The highest BCUT2D eigenvalue weighted by Crippen LogP contribution is 2.41. The van der Waals surface area contributed by atoms with Crippen LogP contribution >= 0.6 is 0 Å². The quantitative estimate of drug-likeness (QED) is 0.496. The first-order valence-corrected chi connectivity index (χ1v) is 9.32. The van der Waals surface area contributed by atoms with Crippen molar-refractivity contribution in [1.82, 2.24) is 4.98 Å².